The quantitative estimate of drug-likeness (QED) is 0.554. The topological polar surface area (TPSA) is 85.7 Å². The molecule has 1 aromatic carbocycles. The van der Waals surface area contributed by atoms with Crippen LogP contribution < -0.4 is 10.5 Å². The molecule has 3 heterocycles. The first-order chi connectivity index (χ1) is 15.9. The van der Waals surface area contributed by atoms with Crippen LogP contribution in [0.25, 0.3) is 10.9 Å². The fourth-order valence-corrected chi connectivity index (χ4v) is 4.47. The first-order valence-electron chi connectivity index (χ1n) is 10.9. The van der Waals surface area contributed by atoms with Gasteiger partial charge in [0.05, 0.1) is 17.5 Å². The number of anilines is 1. The Labute approximate surface area is 197 Å². The highest BCUT2D eigenvalue weighted by atomic mass is 35.5. The number of fused-ring (bicyclic) bond motifs is 1. The molecule has 1 fully saturated rings. The summed E-state index contributed by atoms with van der Waals surface area (Å²) in [6.07, 6.45) is 2.26. The van der Waals surface area contributed by atoms with E-state index in [2.05, 4.69) is 11.0 Å². The third kappa shape index (κ3) is 4.61. The van der Waals surface area contributed by atoms with Gasteiger partial charge in [-0.15, -0.1) is 0 Å². The monoisotopic (exact) mass is 467 g/mol. The molecular weight excluding hydrogens is 442 g/mol. The smallest absolute Gasteiger partial charge is 0.289 e. The number of furan rings is 1. The molecule has 0 spiro atoms. The van der Waals surface area contributed by atoms with Crippen molar-refractivity contribution in [2.45, 2.75) is 13.0 Å². The molecule has 0 bridgehead atoms. The van der Waals surface area contributed by atoms with E-state index in [0.717, 1.165) is 23.9 Å². The molecule has 33 heavy (non-hydrogen) atoms. The van der Waals surface area contributed by atoms with E-state index in [0.29, 0.717) is 49.2 Å². The number of hydrogen-bond donors (Lipinski definition) is 0. The van der Waals surface area contributed by atoms with Crippen LogP contribution in [-0.4, -0.2) is 67.1 Å². The number of aryl methyl sites for hydroxylation is 1. The summed E-state index contributed by atoms with van der Waals surface area (Å²) in [4.78, 5) is 31.8. The second-order valence-corrected chi connectivity index (χ2v) is 8.80. The van der Waals surface area contributed by atoms with Crippen LogP contribution in [0.5, 0.6) is 0 Å². The number of nitriles is 1. The molecule has 3 aromatic rings. The van der Waals surface area contributed by atoms with E-state index in [1.165, 1.54) is 6.26 Å². The molecular formula is C24H26ClN5O3. The molecule has 9 heteroatoms. The highest BCUT2D eigenvalue weighted by Crippen LogP contribution is 2.32. The van der Waals surface area contributed by atoms with Gasteiger partial charge >= 0.3 is 0 Å². The number of pyridine rings is 1. The van der Waals surface area contributed by atoms with Crippen LogP contribution in [0, 0.1) is 11.3 Å². The van der Waals surface area contributed by atoms with Crippen LogP contribution in [0.1, 0.15) is 22.5 Å². The Morgan fingerprint density at radius 1 is 1.21 bits per heavy atom. The van der Waals surface area contributed by atoms with E-state index in [-0.39, 0.29) is 17.0 Å². The van der Waals surface area contributed by atoms with Gasteiger partial charge < -0.3 is 23.7 Å². The van der Waals surface area contributed by atoms with E-state index >= 15 is 0 Å². The van der Waals surface area contributed by atoms with Gasteiger partial charge in [0.2, 0.25) is 0 Å². The molecule has 1 aliphatic heterocycles. The maximum atomic E-state index is 13.4. The summed E-state index contributed by atoms with van der Waals surface area (Å²) in [6, 6.07) is 10.9. The third-order valence-electron chi connectivity index (χ3n) is 5.91. The number of amides is 1. The number of hydrogen-bond acceptors (Lipinski definition) is 6. The van der Waals surface area contributed by atoms with Crippen molar-refractivity contribution in [3.8, 4) is 6.07 Å². The Morgan fingerprint density at radius 2 is 1.97 bits per heavy atom. The molecule has 1 saturated heterocycles. The van der Waals surface area contributed by atoms with Crippen molar-refractivity contribution in [1.29, 1.82) is 5.26 Å². The van der Waals surface area contributed by atoms with Gasteiger partial charge in [-0.1, -0.05) is 11.6 Å². The Kier molecular flexibility index (Phi) is 6.72. The first kappa shape index (κ1) is 22.9. The molecule has 1 aliphatic rings. The number of piperazine rings is 1. The van der Waals surface area contributed by atoms with Crippen LogP contribution in [0.4, 0.5) is 5.69 Å². The number of benzene rings is 1. The number of rotatable bonds is 6. The van der Waals surface area contributed by atoms with Gasteiger partial charge in [0, 0.05) is 43.1 Å². The molecule has 0 unspecified atom stereocenters. The second-order valence-electron chi connectivity index (χ2n) is 8.37. The maximum Gasteiger partial charge on any atom is 0.289 e. The number of carbonyl (C=O) groups is 1. The van der Waals surface area contributed by atoms with Crippen molar-refractivity contribution in [1.82, 2.24) is 14.4 Å². The van der Waals surface area contributed by atoms with Crippen LogP contribution >= 0.6 is 11.6 Å². The summed E-state index contributed by atoms with van der Waals surface area (Å²) in [7, 11) is 3.97. The number of aromatic nitrogens is 1. The van der Waals surface area contributed by atoms with E-state index in [1.54, 1.807) is 27.7 Å². The lowest BCUT2D eigenvalue weighted by molar-refractivity contribution is 0.0715. The average molecular weight is 468 g/mol. The fourth-order valence-electron chi connectivity index (χ4n) is 4.30. The van der Waals surface area contributed by atoms with Gasteiger partial charge in [-0.2, -0.15) is 5.26 Å². The molecule has 1 amide bonds. The summed E-state index contributed by atoms with van der Waals surface area (Å²) in [6.45, 7) is 3.24. The Bertz CT molecular complexity index is 1250. The third-order valence-corrected chi connectivity index (χ3v) is 6.15. The Hall–Kier alpha value is -3.28. The lowest BCUT2D eigenvalue weighted by Crippen LogP contribution is -2.49. The minimum Gasteiger partial charge on any atom is -0.459 e. The van der Waals surface area contributed by atoms with Crippen LogP contribution in [0.15, 0.2) is 45.8 Å². The maximum absolute atomic E-state index is 13.4. The van der Waals surface area contributed by atoms with Gasteiger partial charge in [0.1, 0.15) is 11.6 Å². The van der Waals surface area contributed by atoms with Crippen LogP contribution in [0.2, 0.25) is 5.02 Å². The molecule has 0 saturated carbocycles. The molecule has 0 atom stereocenters. The Morgan fingerprint density at radius 3 is 2.61 bits per heavy atom. The summed E-state index contributed by atoms with van der Waals surface area (Å²) in [5, 5.41) is 11.3. The summed E-state index contributed by atoms with van der Waals surface area (Å²) in [5.74, 6) is 0.142. The standard InChI is InChI=1S/C24H26ClN5O3/c1-27(2)8-4-9-30-20-7-6-17(25)15-18(20)22(19(16-26)23(30)31)28-10-12-29(13-11-28)24(32)21-5-3-14-33-21/h3,5-7,14-15H,4,8-13H2,1-2H3. The molecule has 2 aromatic heterocycles. The molecule has 4 rings (SSSR count). The highest BCUT2D eigenvalue weighted by molar-refractivity contribution is 6.31. The zero-order valence-corrected chi connectivity index (χ0v) is 19.5. The lowest BCUT2D eigenvalue weighted by Gasteiger charge is -2.36. The lowest BCUT2D eigenvalue weighted by atomic mass is 10.1. The van der Waals surface area contributed by atoms with Gasteiger partial charge in [-0.05, 0) is 57.4 Å². The summed E-state index contributed by atoms with van der Waals surface area (Å²) < 4.78 is 6.91. The largest absolute Gasteiger partial charge is 0.459 e. The van der Waals surface area contributed by atoms with E-state index < -0.39 is 0 Å². The summed E-state index contributed by atoms with van der Waals surface area (Å²) in [5.41, 5.74) is 1.16. The van der Waals surface area contributed by atoms with Gasteiger partial charge in [0.25, 0.3) is 11.5 Å². The second kappa shape index (κ2) is 9.69. The fraction of sp³-hybridized carbons (Fsp3) is 0.375. The SMILES string of the molecule is CN(C)CCCn1c(=O)c(C#N)c(N2CCN(C(=O)c3ccco3)CC2)c2cc(Cl)ccc21. The van der Waals surface area contributed by atoms with Crippen molar-refractivity contribution >= 4 is 34.1 Å². The van der Waals surface area contributed by atoms with E-state index in [4.69, 9.17) is 16.0 Å². The molecule has 0 N–H and O–H groups in total. The van der Waals surface area contributed by atoms with Crippen molar-refractivity contribution in [3.05, 3.63) is 63.3 Å². The minimum atomic E-state index is -0.296. The number of carbonyl (C=O) groups excluding carboxylic acids is 1. The van der Waals surface area contributed by atoms with Gasteiger partial charge in [-0.3, -0.25) is 9.59 Å². The molecule has 0 aliphatic carbocycles. The first-order valence-corrected chi connectivity index (χ1v) is 11.3. The minimum absolute atomic E-state index is 0.112. The van der Waals surface area contributed by atoms with Crippen molar-refractivity contribution < 1.29 is 9.21 Å². The molecule has 8 nitrogen and oxygen atoms in total. The van der Waals surface area contributed by atoms with Crippen molar-refractivity contribution in [2.24, 2.45) is 0 Å². The zero-order valence-electron chi connectivity index (χ0n) is 18.8. The van der Waals surface area contributed by atoms with Crippen molar-refractivity contribution in [3.63, 3.8) is 0 Å². The Balaban J connectivity index is 1.69. The predicted molar refractivity (Wildman–Crippen MR) is 128 cm³/mol. The summed E-state index contributed by atoms with van der Waals surface area (Å²) >= 11 is 6.33. The number of halogens is 1. The van der Waals surface area contributed by atoms with E-state index in [9.17, 15) is 14.9 Å². The van der Waals surface area contributed by atoms with Crippen LogP contribution in [0.3, 0.4) is 0 Å². The zero-order chi connectivity index (χ0) is 23.5. The van der Waals surface area contributed by atoms with Crippen LogP contribution in [-0.2, 0) is 6.54 Å². The van der Waals surface area contributed by atoms with Gasteiger partial charge in [0.15, 0.2) is 5.76 Å². The average Bonchev–Trinajstić information content (AvgIpc) is 3.34. The highest BCUT2D eigenvalue weighted by Gasteiger charge is 2.28. The number of nitrogens with zero attached hydrogens (tertiary/aromatic N) is 5. The van der Waals surface area contributed by atoms with Gasteiger partial charge in [-0.25, -0.2) is 0 Å². The van der Waals surface area contributed by atoms with E-state index in [1.807, 2.05) is 31.1 Å². The molecule has 0 radical (unpaired) electrons. The normalized spacial score (nSPS) is 14.2. The molecule has 172 valence electrons. The van der Waals surface area contributed by atoms with Crippen molar-refractivity contribution in [2.75, 3.05) is 51.7 Å². The predicted octanol–water partition coefficient (Wildman–Crippen LogP) is 3.03.